The van der Waals surface area contributed by atoms with E-state index in [1.807, 2.05) is 0 Å². The molecule has 1 aliphatic rings. The van der Waals surface area contributed by atoms with Crippen molar-refractivity contribution < 1.29 is 22.7 Å². The summed E-state index contributed by atoms with van der Waals surface area (Å²) in [5.74, 6) is 0.655. The minimum atomic E-state index is -3.43. The van der Waals surface area contributed by atoms with E-state index in [1.54, 1.807) is 30.3 Å². The van der Waals surface area contributed by atoms with Crippen LogP contribution in [-0.2, 0) is 14.8 Å². The van der Waals surface area contributed by atoms with Crippen molar-refractivity contribution in [2.24, 2.45) is 0 Å². The number of sulfonamides is 1. The SMILES string of the molecule is O=C(COc1ccc(Br)cc1Cl)NCCOc1ccc(S(=O)(=O)N2CCCC2)cc1. The standard InChI is InChI=1S/C20H22BrClN2O5S/c21-15-3-8-19(18(22)13-15)29-14-20(25)23-9-12-28-16-4-6-17(7-5-16)30(26,27)24-10-1-2-11-24/h3-8,13H,1-2,9-12,14H2,(H,23,25). The van der Waals surface area contributed by atoms with Gasteiger partial charge in [-0.15, -0.1) is 0 Å². The molecule has 0 atom stereocenters. The van der Waals surface area contributed by atoms with Crippen LogP contribution >= 0.6 is 27.5 Å². The first-order valence-electron chi connectivity index (χ1n) is 9.44. The maximum absolute atomic E-state index is 12.5. The monoisotopic (exact) mass is 516 g/mol. The van der Waals surface area contributed by atoms with Crippen molar-refractivity contribution in [1.82, 2.24) is 9.62 Å². The normalized spacial score (nSPS) is 14.5. The van der Waals surface area contributed by atoms with Crippen molar-refractivity contribution in [3.8, 4) is 11.5 Å². The molecular weight excluding hydrogens is 496 g/mol. The first-order valence-corrected chi connectivity index (χ1v) is 12.0. The van der Waals surface area contributed by atoms with Crippen molar-refractivity contribution in [3.05, 3.63) is 52.0 Å². The van der Waals surface area contributed by atoms with Crippen LogP contribution in [0.25, 0.3) is 0 Å². The van der Waals surface area contributed by atoms with Crippen molar-refractivity contribution in [3.63, 3.8) is 0 Å². The fourth-order valence-electron chi connectivity index (χ4n) is 2.93. The Kier molecular flexibility index (Phi) is 7.99. The lowest BCUT2D eigenvalue weighted by molar-refractivity contribution is -0.123. The number of amides is 1. The quantitative estimate of drug-likeness (QED) is 0.515. The highest BCUT2D eigenvalue weighted by Gasteiger charge is 2.26. The number of halogens is 2. The lowest BCUT2D eigenvalue weighted by Gasteiger charge is -2.15. The Balaban J connectivity index is 1.39. The minimum absolute atomic E-state index is 0.162. The van der Waals surface area contributed by atoms with Crippen LogP contribution < -0.4 is 14.8 Å². The van der Waals surface area contributed by atoms with Crippen LogP contribution in [0.15, 0.2) is 51.8 Å². The average Bonchev–Trinajstić information content (AvgIpc) is 3.27. The molecule has 1 amide bonds. The zero-order valence-electron chi connectivity index (χ0n) is 16.1. The largest absolute Gasteiger partial charge is 0.492 e. The fourth-order valence-corrected chi connectivity index (χ4v) is 5.18. The second-order valence-electron chi connectivity index (χ2n) is 6.64. The lowest BCUT2D eigenvalue weighted by Crippen LogP contribution is -2.32. The molecule has 2 aromatic carbocycles. The zero-order chi connectivity index (χ0) is 21.6. The predicted molar refractivity (Wildman–Crippen MR) is 118 cm³/mol. The van der Waals surface area contributed by atoms with Gasteiger partial charge in [-0.3, -0.25) is 4.79 Å². The fraction of sp³-hybridized carbons (Fsp3) is 0.350. The predicted octanol–water partition coefficient (Wildman–Crippen LogP) is 3.46. The van der Waals surface area contributed by atoms with Gasteiger partial charge < -0.3 is 14.8 Å². The van der Waals surface area contributed by atoms with Crippen LogP contribution in [0.1, 0.15) is 12.8 Å². The van der Waals surface area contributed by atoms with Crippen LogP contribution in [-0.4, -0.2) is 51.5 Å². The van der Waals surface area contributed by atoms with Crippen molar-refractivity contribution in [1.29, 1.82) is 0 Å². The summed E-state index contributed by atoms with van der Waals surface area (Å²) in [6.45, 7) is 1.49. The van der Waals surface area contributed by atoms with E-state index in [4.69, 9.17) is 21.1 Å². The number of carbonyl (C=O) groups is 1. The van der Waals surface area contributed by atoms with Crippen LogP contribution in [0.4, 0.5) is 0 Å². The smallest absolute Gasteiger partial charge is 0.258 e. The molecular formula is C20H22BrClN2O5S. The van der Waals surface area contributed by atoms with Crippen LogP contribution in [0, 0.1) is 0 Å². The Labute approximate surface area is 189 Å². The molecule has 0 spiro atoms. The van der Waals surface area contributed by atoms with Crippen LogP contribution in [0.5, 0.6) is 11.5 Å². The van der Waals surface area contributed by atoms with Gasteiger partial charge in [-0.2, -0.15) is 4.31 Å². The highest BCUT2D eigenvalue weighted by Crippen LogP contribution is 2.27. The molecule has 1 N–H and O–H groups in total. The molecule has 7 nitrogen and oxygen atoms in total. The van der Waals surface area contributed by atoms with Gasteiger partial charge in [0.2, 0.25) is 10.0 Å². The number of ether oxygens (including phenoxy) is 2. The van der Waals surface area contributed by atoms with E-state index in [0.717, 1.165) is 17.3 Å². The summed E-state index contributed by atoms with van der Waals surface area (Å²) in [7, 11) is -3.43. The second kappa shape index (κ2) is 10.5. The summed E-state index contributed by atoms with van der Waals surface area (Å²) >= 11 is 9.34. The number of benzene rings is 2. The molecule has 1 saturated heterocycles. The summed E-state index contributed by atoms with van der Waals surface area (Å²) in [6, 6.07) is 11.4. The van der Waals surface area contributed by atoms with Gasteiger partial charge in [0, 0.05) is 17.6 Å². The number of rotatable bonds is 9. The van der Waals surface area contributed by atoms with Crippen molar-refractivity contribution in [2.45, 2.75) is 17.7 Å². The second-order valence-corrected chi connectivity index (χ2v) is 9.91. The van der Waals surface area contributed by atoms with Gasteiger partial charge in [0.05, 0.1) is 16.5 Å². The Hall–Kier alpha value is -1.81. The van der Waals surface area contributed by atoms with Crippen molar-refractivity contribution >= 4 is 43.5 Å². The zero-order valence-corrected chi connectivity index (χ0v) is 19.3. The summed E-state index contributed by atoms with van der Waals surface area (Å²) < 4.78 is 38.3. The van der Waals surface area contributed by atoms with E-state index in [0.29, 0.717) is 29.6 Å². The molecule has 0 radical (unpaired) electrons. The Morgan fingerprint density at radius 2 is 1.80 bits per heavy atom. The third kappa shape index (κ3) is 6.10. The minimum Gasteiger partial charge on any atom is -0.492 e. The Morgan fingerprint density at radius 1 is 1.10 bits per heavy atom. The maximum atomic E-state index is 12.5. The van der Waals surface area contributed by atoms with E-state index in [9.17, 15) is 13.2 Å². The van der Waals surface area contributed by atoms with Crippen molar-refractivity contribution in [2.75, 3.05) is 32.8 Å². The molecule has 0 bridgehead atoms. The Morgan fingerprint density at radius 3 is 2.47 bits per heavy atom. The number of nitrogens with one attached hydrogen (secondary N) is 1. The third-order valence-corrected chi connectivity index (χ3v) is 7.17. The van der Waals surface area contributed by atoms with Gasteiger partial charge in [0.15, 0.2) is 6.61 Å². The summed E-state index contributed by atoms with van der Waals surface area (Å²) in [5.41, 5.74) is 0. The number of carbonyl (C=O) groups excluding carboxylic acids is 1. The molecule has 0 aliphatic carbocycles. The van der Waals surface area contributed by atoms with Crippen LogP contribution in [0.3, 0.4) is 0 Å². The molecule has 162 valence electrons. The lowest BCUT2D eigenvalue weighted by atomic mass is 10.3. The number of hydrogen-bond donors (Lipinski definition) is 1. The van der Waals surface area contributed by atoms with Gasteiger partial charge in [-0.05, 0) is 55.3 Å². The van der Waals surface area contributed by atoms with Gasteiger partial charge in [-0.25, -0.2) is 8.42 Å². The molecule has 10 heteroatoms. The molecule has 0 aromatic heterocycles. The molecule has 1 heterocycles. The number of hydrogen-bond acceptors (Lipinski definition) is 5. The maximum Gasteiger partial charge on any atom is 0.258 e. The van der Waals surface area contributed by atoms with Gasteiger partial charge in [0.1, 0.15) is 18.1 Å². The molecule has 2 aromatic rings. The van der Waals surface area contributed by atoms with E-state index in [2.05, 4.69) is 21.2 Å². The van der Waals surface area contributed by atoms with Gasteiger partial charge >= 0.3 is 0 Å². The molecule has 30 heavy (non-hydrogen) atoms. The molecule has 0 saturated carbocycles. The summed E-state index contributed by atoms with van der Waals surface area (Å²) in [4.78, 5) is 12.1. The molecule has 0 unspecified atom stereocenters. The number of nitrogens with zero attached hydrogens (tertiary/aromatic N) is 1. The van der Waals surface area contributed by atoms with E-state index in [1.165, 1.54) is 16.4 Å². The first-order chi connectivity index (χ1) is 14.4. The molecule has 1 fully saturated rings. The summed E-state index contributed by atoms with van der Waals surface area (Å²) in [6.07, 6.45) is 1.79. The third-order valence-electron chi connectivity index (χ3n) is 4.47. The highest BCUT2D eigenvalue weighted by molar-refractivity contribution is 9.10. The molecule has 1 aliphatic heterocycles. The average molecular weight is 518 g/mol. The summed E-state index contributed by atoms with van der Waals surface area (Å²) in [5, 5.41) is 3.10. The topological polar surface area (TPSA) is 84.9 Å². The van der Waals surface area contributed by atoms with E-state index >= 15 is 0 Å². The van der Waals surface area contributed by atoms with E-state index < -0.39 is 10.0 Å². The Bertz CT molecular complexity index is 979. The van der Waals surface area contributed by atoms with E-state index in [-0.39, 0.29) is 30.6 Å². The first kappa shape index (κ1) is 22.9. The van der Waals surface area contributed by atoms with Crippen LogP contribution in [0.2, 0.25) is 5.02 Å². The molecule has 3 rings (SSSR count). The van der Waals surface area contributed by atoms with Gasteiger partial charge in [-0.1, -0.05) is 27.5 Å². The highest BCUT2D eigenvalue weighted by atomic mass is 79.9. The van der Waals surface area contributed by atoms with Gasteiger partial charge in [0.25, 0.3) is 5.91 Å².